The van der Waals surface area contributed by atoms with Gasteiger partial charge in [0.2, 0.25) is 5.91 Å². The van der Waals surface area contributed by atoms with Crippen LogP contribution in [0.1, 0.15) is 26.2 Å². The number of carbonyl (C=O) groups excluding carboxylic acids is 2. The van der Waals surface area contributed by atoms with Gasteiger partial charge in [-0.3, -0.25) is 20.0 Å². The Kier molecular flexibility index (Phi) is 3.25. The van der Waals surface area contributed by atoms with Gasteiger partial charge in [-0.25, -0.2) is 0 Å². The van der Waals surface area contributed by atoms with Crippen LogP contribution in [0.5, 0.6) is 0 Å². The van der Waals surface area contributed by atoms with Crippen molar-refractivity contribution < 1.29 is 14.7 Å². The van der Waals surface area contributed by atoms with E-state index in [9.17, 15) is 9.59 Å². The zero-order valence-electron chi connectivity index (χ0n) is 7.62. The number of nitrogens with zero attached hydrogens (tertiary/aromatic N) is 1. The molecule has 0 aromatic heterocycles. The maximum absolute atomic E-state index is 11.2. The third-order valence-corrected chi connectivity index (χ3v) is 1.95. The summed E-state index contributed by atoms with van der Waals surface area (Å²) in [5.74, 6) is -0.615. The molecule has 0 bridgehead atoms. The van der Waals surface area contributed by atoms with E-state index < -0.39 is 12.0 Å². The van der Waals surface area contributed by atoms with Crippen molar-refractivity contribution >= 4 is 11.8 Å². The van der Waals surface area contributed by atoms with Crippen LogP contribution in [0.15, 0.2) is 0 Å². The maximum atomic E-state index is 11.2. The lowest BCUT2D eigenvalue weighted by Crippen LogP contribution is -2.51. The van der Waals surface area contributed by atoms with Crippen LogP contribution >= 0.6 is 0 Å². The molecule has 0 spiro atoms. The van der Waals surface area contributed by atoms with E-state index in [1.54, 1.807) is 0 Å². The van der Waals surface area contributed by atoms with Gasteiger partial charge >= 0.3 is 0 Å². The SMILES string of the molecule is C[C@H](O)C(=O)NN1CCCCC1=O. The second-order valence-corrected chi connectivity index (χ2v) is 3.15. The molecule has 13 heavy (non-hydrogen) atoms. The molecule has 5 heteroatoms. The summed E-state index contributed by atoms with van der Waals surface area (Å²) >= 11 is 0. The average molecular weight is 186 g/mol. The minimum absolute atomic E-state index is 0.0831. The molecule has 1 aliphatic heterocycles. The minimum atomic E-state index is -1.07. The Labute approximate surface area is 76.7 Å². The highest BCUT2D eigenvalue weighted by atomic mass is 16.3. The van der Waals surface area contributed by atoms with Crippen molar-refractivity contribution in [3.05, 3.63) is 0 Å². The van der Waals surface area contributed by atoms with E-state index in [4.69, 9.17) is 5.11 Å². The molecular formula is C8H14N2O3. The number of carbonyl (C=O) groups is 2. The predicted molar refractivity (Wildman–Crippen MR) is 45.4 cm³/mol. The summed E-state index contributed by atoms with van der Waals surface area (Å²) in [4.78, 5) is 22.2. The van der Waals surface area contributed by atoms with Crippen LogP contribution in [0.2, 0.25) is 0 Å². The van der Waals surface area contributed by atoms with Gasteiger partial charge in [-0.15, -0.1) is 0 Å². The Morgan fingerprint density at radius 3 is 2.85 bits per heavy atom. The van der Waals surface area contributed by atoms with Crippen molar-refractivity contribution in [1.29, 1.82) is 0 Å². The van der Waals surface area contributed by atoms with Gasteiger partial charge in [0.15, 0.2) is 0 Å². The number of amides is 2. The van der Waals surface area contributed by atoms with E-state index in [0.717, 1.165) is 12.8 Å². The number of hydrogen-bond acceptors (Lipinski definition) is 3. The van der Waals surface area contributed by atoms with E-state index in [1.807, 2.05) is 0 Å². The van der Waals surface area contributed by atoms with Gasteiger partial charge in [-0.1, -0.05) is 0 Å². The molecule has 5 nitrogen and oxygen atoms in total. The van der Waals surface area contributed by atoms with Crippen LogP contribution in [0.3, 0.4) is 0 Å². The third kappa shape index (κ3) is 2.69. The van der Waals surface area contributed by atoms with Crippen LogP contribution in [0.4, 0.5) is 0 Å². The summed E-state index contributed by atoms with van der Waals surface area (Å²) in [5, 5.41) is 10.2. The largest absolute Gasteiger partial charge is 0.383 e. The van der Waals surface area contributed by atoms with Gasteiger partial charge in [0.05, 0.1) is 0 Å². The highest BCUT2D eigenvalue weighted by molar-refractivity contribution is 5.84. The van der Waals surface area contributed by atoms with Crippen LogP contribution in [0.25, 0.3) is 0 Å². The number of aliphatic hydroxyl groups is 1. The lowest BCUT2D eigenvalue weighted by molar-refractivity contribution is -0.146. The second kappa shape index (κ2) is 4.23. The molecule has 2 amide bonds. The van der Waals surface area contributed by atoms with Crippen molar-refractivity contribution in [3.8, 4) is 0 Å². The number of nitrogens with one attached hydrogen (secondary N) is 1. The van der Waals surface area contributed by atoms with Crippen LogP contribution in [-0.2, 0) is 9.59 Å². The quantitative estimate of drug-likeness (QED) is 0.605. The standard InChI is InChI=1S/C8H14N2O3/c1-6(11)8(13)9-10-5-3-2-4-7(10)12/h6,11H,2-5H2,1H3,(H,9,13)/t6-/m0/s1. The van der Waals surface area contributed by atoms with E-state index >= 15 is 0 Å². The molecule has 0 aromatic carbocycles. The molecule has 0 aliphatic carbocycles. The fourth-order valence-electron chi connectivity index (χ4n) is 1.15. The van der Waals surface area contributed by atoms with Gasteiger partial charge < -0.3 is 5.11 Å². The van der Waals surface area contributed by atoms with Crippen LogP contribution < -0.4 is 5.43 Å². The maximum Gasteiger partial charge on any atom is 0.267 e. The summed E-state index contributed by atoms with van der Waals surface area (Å²) in [6.07, 6.45) is 1.17. The smallest absolute Gasteiger partial charge is 0.267 e. The second-order valence-electron chi connectivity index (χ2n) is 3.15. The molecule has 1 fully saturated rings. The highest BCUT2D eigenvalue weighted by Gasteiger charge is 2.21. The van der Waals surface area contributed by atoms with Gasteiger partial charge in [0, 0.05) is 13.0 Å². The fraction of sp³-hybridized carbons (Fsp3) is 0.750. The molecule has 74 valence electrons. The molecule has 0 unspecified atom stereocenters. The van der Waals surface area contributed by atoms with E-state index in [-0.39, 0.29) is 5.91 Å². The number of aliphatic hydroxyl groups excluding tert-OH is 1. The first-order valence-corrected chi connectivity index (χ1v) is 4.40. The predicted octanol–water partition coefficient (Wildman–Crippen LogP) is -0.589. The number of rotatable bonds is 2. The molecule has 1 rings (SSSR count). The molecule has 1 aliphatic rings. The third-order valence-electron chi connectivity index (χ3n) is 1.95. The molecule has 0 radical (unpaired) electrons. The summed E-state index contributed by atoms with van der Waals surface area (Å²) in [6, 6.07) is 0. The highest BCUT2D eigenvalue weighted by Crippen LogP contribution is 2.07. The molecule has 0 saturated carbocycles. The Morgan fingerprint density at radius 2 is 2.31 bits per heavy atom. The Morgan fingerprint density at radius 1 is 1.62 bits per heavy atom. The first-order valence-electron chi connectivity index (χ1n) is 4.40. The van der Waals surface area contributed by atoms with Crippen molar-refractivity contribution in [2.75, 3.05) is 6.54 Å². The zero-order chi connectivity index (χ0) is 9.84. The Balaban J connectivity index is 2.43. The molecule has 1 saturated heterocycles. The first kappa shape index (κ1) is 9.98. The molecule has 1 atom stereocenters. The molecule has 1 heterocycles. The van der Waals surface area contributed by atoms with Crippen molar-refractivity contribution in [2.45, 2.75) is 32.3 Å². The lowest BCUT2D eigenvalue weighted by atomic mass is 10.1. The number of hydrogen-bond donors (Lipinski definition) is 2. The van der Waals surface area contributed by atoms with Crippen molar-refractivity contribution in [3.63, 3.8) is 0 Å². The molecular weight excluding hydrogens is 172 g/mol. The number of hydrazine groups is 1. The van der Waals surface area contributed by atoms with Crippen molar-refractivity contribution in [2.24, 2.45) is 0 Å². The van der Waals surface area contributed by atoms with Crippen LogP contribution in [-0.4, -0.2) is 34.6 Å². The van der Waals surface area contributed by atoms with Gasteiger partial charge in [0.25, 0.3) is 5.91 Å². The van der Waals surface area contributed by atoms with Crippen molar-refractivity contribution in [1.82, 2.24) is 10.4 Å². The van der Waals surface area contributed by atoms with Gasteiger partial charge in [-0.2, -0.15) is 0 Å². The topological polar surface area (TPSA) is 69.6 Å². The zero-order valence-corrected chi connectivity index (χ0v) is 7.62. The lowest BCUT2D eigenvalue weighted by Gasteiger charge is -2.27. The molecule has 0 aromatic rings. The van der Waals surface area contributed by atoms with Gasteiger partial charge in [0.1, 0.15) is 6.10 Å². The van der Waals surface area contributed by atoms with Gasteiger partial charge in [-0.05, 0) is 19.8 Å². The summed E-state index contributed by atoms with van der Waals surface area (Å²) < 4.78 is 0. The Hall–Kier alpha value is -1.10. The van der Waals surface area contributed by atoms with E-state index in [1.165, 1.54) is 11.9 Å². The normalized spacial score (nSPS) is 19.8. The van der Waals surface area contributed by atoms with Crippen LogP contribution in [0, 0.1) is 0 Å². The van der Waals surface area contributed by atoms with E-state index in [0.29, 0.717) is 13.0 Å². The first-order chi connectivity index (χ1) is 6.11. The van der Waals surface area contributed by atoms with E-state index in [2.05, 4.69) is 5.43 Å². The average Bonchev–Trinajstić information content (AvgIpc) is 2.08. The Bertz CT molecular complexity index is 215. The summed E-state index contributed by atoms with van der Waals surface area (Å²) in [6.45, 7) is 1.90. The monoisotopic (exact) mass is 186 g/mol. The fourth-order valence-corrected chi connectivity index (χ4v) is 1.15. The summed E-state index contributed by atoms with van der Waals surface area (Å²) in [5.41, 5.74) is 2.36. The summed E-state index contributed by atoms with van der Waals surface area (Å²) in [7, 11) is 0. The molecule has 2 N–H and O–H groups in total. The minimum Gasteiger partial charge on any atom is -0.383 e. The number of piperidine rings is 1.